The zero-order chi connectivity index (χ0) is 10.0. The quantitative estimate of drug-likeness (QED) is 0.659. The minimum Gasteiger partial charge on any atom is -0.331 e. The average Bonchev–Trinajstić information content (AvgIpc) is 2.53. The summed E-state index contributed by atoms with van der Waals surface area (Å²) in [5.74, 6) is 0.417. The highest BCUT2D eigenvalue weighted by atomic mass is 16.1. The van der Waals surface area contributed by atoms with E-state index in [0.29, 0.717) is 12.4 Å². The van der Waals surface area contributed by atoms with Gasteiger partial charge in [0.25, 0.3) is 0 Å². The molecule has 1 amide bonds. The van der Waals surface area contributed by atoms with Gasteiger partial charge in [0.2, 0.25) is 11.9 Å². The summed E-state index contributed by atoms with van der Waals surface area (Å²) >= 11 is 0. The number of carbonyl (C=O) groups is 1. The fourth-order valence-electron chi connectivity index (χ4n) is 1.64. The van der Waals surface area contributed by atoms with Crippen LogP contribution >= 0.6 is 0 Å². The zero-order valence-electron chi connectivity index (χ0n) is 7.92. The van der Waals surface area contributed by atoms with Crippen molar-refractivity contribution >= 4 is 11.9 Å². The summed E-state index contributed by atoms with van der Waals surface area (Å²) in [7, 11) is 0. The second-order valence-electron chi connectivity index (χ2n) is 3.88. The third-order valence-corrected chi connectivity index (χ3v) is 2.62. The molecule has 0 aliphatic heterocycles. The maximum absolute atomic E-state index is 11.5. The molecule has 4 N–H and O–H groups in total. The molecule has 0 aromatic carbocycles. The van der Waals surface area contributed by atoms with Crippen molar-refractivity contribution < 1.29 is 4.79 Å². The van der Waals surface area contributed by atoms with Crippen molar-refractivity contribution in [2.45, 2.75) is 31.2 Å². The highest BCUT2D eigenvalue weighted by Gasteiger charge is 2.34. The van der Waals surface area contributed by atoms with Crippen molar-refractivity contribution in [3.05, 3.63) is 12.4 Å². The highest BCUT2D eigenvalue weighted by Crippen LogP contribution is 2.32. The van der Waals surface area contributed by atoms with Gasteiger partial charge in [-0.3, -0.25) is 10.1 Å². The molecule has 76 valence electrons. The Hall–Kier alpha value is -1.36. The van der Waals surface area contributed by atoms with E-state index in [2.05, 4.69) is 15.3 Å². The molecule has 1 heterocycles. The molecule has 14 heavy (non-hydrogen) atoms. The monoisotopic (exact) mass is 194 g/mol. The van der Waals surface area contributed by atoms with Gasteiger partial charge in [0.1, 0.15) is 0 Å². The minimum atomic E-state index is -0.267. The lowest BCUT2D eigenvalue weighted by molar-refractivity contribution is -0.118. The Kier molecular flexibility index (Phi) is 2.25. The van der Waals surface area contributed by atoms with Crippen molar-refractivity contribution in [1.82, 2.24) is 9.97 Å². The number of nitrogens with zero attached hydrogens (tertiary/aromatic N) is 1. The predicted molar refractivity (Wildman–Crippen MR) is 52.6 cm³/mol. The lowest BCUT2D eigenvalue weighted by atomic mass is 9.75. The van der Waals surface area contributed by atoms with Crippen molar-refractivity contribution in [1.29, 1.82) is 0 Å². The van der Waals surface area contributed by atoms with Crippen molar-refractivity contribution in [3.63, 3.8) is 0 Å². The van der Waals surface area contributed by atoms with E-state index in [-0.39, 0.29) is 11.4 Å². The zero-order valence-corrected chi connectivity index (χ0v) is 7.92. The van der Waals surface area contributed by atoms with Gasteiger partial charge in [-0.1, -0.05) is 0 Å². The number of nitrogens with two attached hydrogens (primary N) is 1. The van der Waals surface area contributed by atoms with Crippen LogP contribution in [0.4, 0.5) is 5.95 Å². The van der Waals surface area contributed by atoms with Crippen LogP contribution in [0.25, 0.3) is 0 Å². The number of aromatic amines is 1. The number of H-pyrrole nitrogens is 1. The molecule has 1 aliphatic rings. The molecule has 0 bridgehead atoms. The maximum atomic E-state index is 11.5. The number of amides is 1. The van der Waals surface area contributed by atoms with E-state index in [4.69, 9.17) is 5.73 Å². The summed E-state index contributed by atoms with van der Waals surface area (Å²) in [4.78, 5) is 18.2. The number of rotatable bonds is 3. The smallest absolute Gasteiger partial charge is 0.228 e. The van der Waals surface area contributed by atoms with Crippen molar-refractivity contribution in [2.24, 2.45) is 5.73 Å². The molecule has 1 saturated carbocycles. The van der Waals surface area contributed by atoms with Crippen LogP contribution in [0.2, 0.25) is 0 Å². The lowest BCUT2D eigenvalue weighted by Crippen LogP contribution is -2.49. The highest BCUT2D eigenvalue weighted by molar-refractivity contribution is 5.89. The molecule has 0 saturated heterocycles. The Labute approximate surface area is 82.1 Å². The van der Waals surface area contributed by atoms with Gasteiger partial charge < -0.3 is 10.7 Å². The molecule has 0 radical (unpaired) electrons. The predicted octanol–water partition coefficient (Wildman–Crippen LogP) is 0.620. The molecular formula is C9H14N4O. The van der Waals surface area contributed by atoms with Crippen LogP contribution in [-0.2, 0) is 4.79 Å². The summed E-state index contributed by atoms with van der Waals surface area (Å²) < 4.78 is 0. The number of aromatic nitrogens is 2. The van der Waals surface area contributed by atoms with Crippen LogP contribution in [-0.4, -0.2) is 21.4 Å². The number of carbonyl (C=O) groups excluding carboxylic acids is 1. The lowest BCUT2D eigenvalue weighted by Gasteiger charge is -2.37. The number of anilines is 1. The topological polar surface area (TPSA) is 83.8 Å². The Morgan fingerprint density at radius 1 is 1.71 bits per heavy atom. The van der Waals surface area contributed by atoms with Crippen molar-refractivity contribution in [2.75, 3.05) is 5.32 Å². The molecule has 0 unspecified atom stereocenters. The molecular weight excluding hydrogens is 180 g/mol. The van der Waals surface area contributed by atoms with Gasteiger partial charge in [-0.15, -0.1) is 0 Å². The largest absolute Gasteiger partial charge is 0.331 e. The van der Waals surface area contributed by atoms with Gasteiger partial charge in [-0.05, 0) is 19.3 Å². The number of nitrogens with one attached hydrogen (secondary N) is 2. The SMILES string of the molecule is NC1(CC(=O)Nc2ncc[nH]2)CCC1. The van der Waals surface area contributed by atoms with Crippen LogP contribution in [0, 0.1) is 0 Å². The first-order chi connectivity index (χ1) is 6.68. The standard InChI is InChI=1S/C9H14N4O/c10-9(2-1-3-9)6-7(14)13-8-11-4-5-12-8/h4-5H,1-3,6,10H2,(H2,11,12,13,14). The van der Waals surface area contributed by atoms with Gasteiger partial charge in [-0.2, -0.15) is 0 Å². The maximum Gasteiger partial charge on any atom is 0.228 e. The van der Waals surface area contributed by atoms with E-state index >= 15 is 0 Å². The fourth-order valence-corrected chi connectivity index (χ4v) is 1.64. The first kappa shape index (κ1) is 9.21. The number of hydrogen-bond acceptors (Lipinski definition) is 3. The van der Waals surface area contributed by atoms with Crippen LogP contribution in [0.3, 0.4) is 0 Å². The van der Waals surface area contributed by atoms with Gasteiger partial charge in [-0.25, -0.2) is 4.98 Å². The van der Waals surface area contributed by atoms with E-state index < -0.39 is 0 Å². The fraction of sp³-hybridized carbons (Fsp3) is 0.556. The first-order valence-electron chi connectivity index (χ1n) is 4.76. The average molecular weight is 194 g/mol. The molecule has 0 atom stereocenters. The second kappa shape index (κ2) is 3.42. The van der Waals surface area contributed by atoms with Crippen molar-refractivity contribution in [3.8, 4) is 0 Å². The molecule has 1 fully saturated rings. The molecule has 5 nitrogen and oxygen atoms in total. The third-order valence-electron chi connectivity index (χ3n) is 2.62. The van der Waals surface area contributed by atoms with Crippen LogP contribution in [0.15, 0.2) is 12.4 Å². The first-order valence-corrected chi connectivity index (χ1v) is 4.76. The van der Waals surface area contributed by atoms with E-state index in [1.54, 1.807) is 12.4 Å². The Balaban J connectivity index is 1.84. The summed E-state index contributed by atoms with van der Waals surface area (Å²) in [6, 6.07) is 0. The molecule has 1 aliphatic carbocycles. The van der Waals surface area contributed by atoms with Crippen LogP contribution < -0.4 is 11.1 Å². The Bertz CT molecular complexity index is 316. The normalized spacial score (nSPS) is 18.6. The van der Waals surface area contributed by atoms with Gasteiger partial charge >= 0.3 is 0 Å². The second-order valence-corrected chi connectivity index (χ2v) is 3.88. The number of hydrogen-bond donors (Lipinski definition) is 3. The van der Waals surface area contributed by atoms with E-state index in [0.717, 1.165) is 19.3 Å². The minimum absolute atomic E-state index is 0.0675. The van der Waals surface area contributed by atoms with E-state index in [1.807, 2.05) is 0 Å². The molecule has 0 spiro atoms. The summed E-state index contributed by atoms with van der Waals surface area (Å²) in [6.45, 7) is 0. The molecule has 5 heteroatoms. The summed E-state index contributed by atoms with van der Waals surface area (Å²) in [6.07, 6.45) is 6.66. The van der Waals surface area contributed by atoms with Gasteiger partial charge in [0.15, 0.2) is 0 Å². The van der Waals surface area contributed by atoms with Gasteiger partial charge in [0.05, 0.1) is 0 Å². The third kappa shape index (κ3) is 1.93. The number of imidazole rings is 1. The Morgan fingerprint density at radius 2 is 2.50 bits per heavy atom. The van der Waals surface area contributed by atoms with Crippen LogP contribution in [0.5, 0.6) is 0 Å². The summed E-state index contributed by atoms with van der Waals surface area (Å²) in [5.41, 5.74) is 5.67. The molecule has 1 aromatic heterocycles. The van der Waals surface area contributed by atoms with Crippen LogP contribution in [0.1, 0.15) is 25.7 Å². The van der Waals surface area contributed by atoms with E-state index in [1.165, 1.54) is 0 Å². The Morgan fingerprint density at radius 3 is 3.00 bits per heavy atom. The van der Waals surface area contributed by atoms with Gasteiger partial charge in [0, 0.05) is 24.4 Å². The molecule has 1 aromatic rings. The van der Waals surface area contributed by atoms with E-state index in [9.17, 15) is 4.79 Å². The molecule has 2 rings (SSSR count). The summed E-state index contributed by atoms with van der Waals surface area (Å²) in [5, 5.41) is 2.66.